The average Bonchev–Trinajstić information content (AvgIpc) is 3.27. The Morgan fingerprint density at radius 2 is 2.03 bits per heavy atom. The second kappa shape index (κ2) is 10.7. The lowest BCUT2D eigenvalue weighted by molar-refractivity contribution is -0.160. The van der Waals surface area contributed by atoms with Gasteiger partial charge in [-0.3, -0.25) is 4.79 Å². The number of aromatic nitrogens is 3. The van der Waals surface area contributed by atoms with Crippen molar-refractivity contribution in [2.24, 2.45) is 0 Å². The molecule has 0 bridgehead atoms. The number of ether oxygens (including phenoxy) is 2. The Balaban J connectivity index is 2.03. The quantitative estimate of drug-likeness (QED) is 0.399. The Kier molecular flexibility index (Phi) is 7.73. The molecule has 38 heavy (non-hydrogen) atoms. The highest BCUT2D eigenvalue weighted by Crippen LogP contribution is 2.41. The van der Waals surface area contributed by atoms with E-state index in [1.54, 1.807) is 33.8 Å². The third kappa shape index (κ3) is 5.36. The number of rotatable bonds is 8. The second-order valence-corrected chi connectivity index (χ2v) is 10.6. The SMILES string of the molecule is CCCCNC(=O)c1cc2nc(C)c(C(OC(C)(C)C)C(=O)O)c(-c3cc(F)c4c(c3C)CCCO4)n2n1. The molecule has 204 valence electrons. The van der Waals surface area contributed by atoms with Crippen molar-refractivity contribution >= 4 is 17.5 Å². The van der Waals surface area contributed by atoms with Gasteiger partial charge >= 0.3 is 5.97 Å². The van der Waals surface area contributed by atoms with Crippen molar-refractivity contribution in [3.63, 3.8) is 0 Å². The van der Waals surface area contributed by atoms with E-state index in [1.807, 2.05) is 13.8 Å². The van der Waals surface area contributed by atoms with Crippen molar-refractivity contribution in [1.29, 1.82) is 0 Å². The molecule has 1 aliphatic rings. The standard InChI is InChI=1S/C28H35FN4O5/c1-7-8-11-30-26(34)20-14-21-31-16(3)22(25(27(35)36)38-28(4,5)6)23(33(21)32-20)18-13-19(29)24-17(15(18)2)10-9-12-37-24/h13-14,25H,7-12H2,1-6H3,(H,30,34)(H,35,36). The van der Waals surface area contributed by atoms with Gasteiger partial charge in [-0.2, -0.15) is 5.10 Å². The van der Waals surface area contributed by atoms with Crippen LogP contribution in [0, 0.1) is 19.7 Å². The van der Waals surface area contributed by atoms with E-state index in [4.69, 9.17) is 9.47 Å². The summed E-state index contributed by atoms with van der Waals surface area (Å²) in [6, 6.07) is 2.89. The monoisotopic (exact) mass is 526 g/mol. The number of amides is 1. The Morgan fingerprint density at radius 1 is 1.29 bits per heavy atom. The molecule has 3 aromatic rings. The maximum Gasteiger partial charge on any atom is 0.337 e. The highest BCUT2D eigenvalue weighted by molar-refractivity contribution is 5.93. The molecular formula is C28H35FN4O5. The van der Waals surface area contributed by atoms with Gasteiger partial charge in [-0.1, -0.05) is 13.3 Å². The topological polar surface area (TPSA) is 115 Å². The van der Waals surface area contributed by atoms with Gasteiger partial charge in [-0.15, -0.1) is 0 Å². The van der Waals surface area contributed by atoms with Gasteiger partial charge in [0.15, 0.2) is 29.0 Å². The number of aryl methyl sites for hydroxylation is 1. The fourth-order valence-corrected chi connectivity index (χ4v) is 4.78. The van der Waals surface area contributed by atoms with Crippen molar-refractivity contribution < 1.29 is 28.6 Å². The van der Waals surface area contributed by atoms with Crippen LogP contribution in [0.3, 0.4) is 0 Å². The predicted octanol–water partition coefficient (Wildman–Crippen LogP) is 4.95. The molecule has 2 aromatic heterocycles. The molecule has 1 atom stereocenters. The molecule has 1 unspecified atom stereocenters. The normalized spacial score (nSPS) is 14.2. The van der Waals surface area contributed by atoms with Crippen molar-refractivity contribution in [3.05, 3.63) is 46.0 Å². The maximum atomic E-state index is 15.4. The van der Waals surface area contributed by atoms with Gasteiger partial charge in [0.25, 0.3) is 5.91 Å². The average molecular weight is 527 g/mol. The molecule has 0 fully saturated rings. The maximum absolute atomic E-state index is 15.4. The first-order valence-corrected chi connectivity index (χ1v) is 13.0. The summed E-state index contributed by atoms with van der Waals surface area (Å²) in [6.45, 7) is 11.8. The van der Waals surface area contributed by atoms with Crippen LogP contribution in [0.15, 0.2) is 12.1 Å². The predicted molar refractivity (Wildman–Crippen MR) is 140 cm³/mol. The summed E-state index contributed by atoms with van der Waals surface area (Å²) in [7, 11) is 0. The summed E-state index contributed by atoms with van der Waals surface area (Å²) in [5.41, 5.74) is 2.55. The Hall–Kier alpha value is -3.53. The summed E-state index contributed by atoms with van der Waals surface area (Å²) >= 11 is 0. The third-order valence-electron chi connectivity index (χ3n) is 6.53. The van der Waals surface area contributed by atoms with Crippen LogP contribution in [-0.2, 0) is 16.0 Å². The fourth-order valence-electron chi connectivity index (χ4n) is 4.78. The van der Waals surface area contributed by atoms with Crippen LogP contribution in [0.2, 0.25) is 0 Å². The first kappa shape index (κ1) is 27.5. The highest BCUT2D eigenvalue weighted by Gasteiger charge is 2.34. The molecule has 4 rings (SSSR count). The molecule has 0 radical (unpaired) electrons. The minimum Gasteiger partial charge on any atom is -0.490 e. The highest BCUT2D eigenvalue weighted by atomic mass is 19.1. The minimum absolute atomic E-state index is 0.134. The van der Waals surface area contributed by atoms with Crippen molar-refractivity contribution in [2.45, 2.75) is 78.9 Å². The molecule has 3 heterocycles. The van der Waals surface area contributed by atoms with Gasteiger partial charge in [-0.25, -0.2) is 18.7 Å². The number of unbranched alkanes of at least 4 members (excludes halogenated alkanes) is 1. The number of carbonyl (C=O) groups is 2. The van der Waals surface area contributed by atoms with Gasteiger partial charge in [0, 0.05) is 35.0 Å². The summed E-state index contributed by atoms with van der Waals surface area (Å²) in [6.07, 6.45) is 1.70. The van der Waals surface area contributed by atoms with E-state index in [-0.39, 0.29) is 22.9 Å². The van der Waals surface area contributed by atoms with Gasteiger partial charge in [-0.05, 0) is 65.5 Å². The molecular weight excluding hydrogens is 491 g/mol. The largest absolute Gasteiger partial charge is 0.490 e. The van der Waals surface area contributed by atoms with E-state index < -0.39 is 23.5 Å². The van der Waals surface area contributed by atoms with E-state index in [0.29, 0.717) is 42.2 Å². The zero-order chi connectivity index (χ0) is 27.8. The molecule has 1 amide bonds. The van der Waals surface area contributed by atoms with E-state index in [0.717, 1.165) is 30.4 Å². The number of nitrogens with zero attached hydrogens (tertiary/aromatic N) is 3. The van der Waals surface area contributed by atoms with Gasteiger partial charge in [0.05, 0.1) is 17.9 Å². The molecule has 0 aliphatic carbocycles. The van der Waals surface area contributed by atoms with E-state index >= 15 is 4.39 Å². The first-order valence-electron chi connectivity index (χ1n) is 13.0. The summed E-state index contributed by atoms with van der Waals surface area (Å²) in [5.74, 6) is -1.90. The fraction of sp³-hybridized carbons (Fsp3) is 0.500. The second-order valence-electron chi connectivity index (χ2n) is 10.6. The lowest BCUT2D eigenvalue weighted by Crippen LogP contribution is -2.29. The number of nitrogens with one attached hydrogen (secondary N) is 1. The van der Waals surface area contributed by atoms with Crippen molar-refractivity contribution in [1.82, 2.24) is 19.9 Å². The summed E-state index contributed by atoms with van der Waals surface area (Å²) in [5, 5.41) is 17.6. The van der Waals surface area contributed by atoms with Crippen molar-refractivity contribution in [3.8, 4) is 17.0 Å². The lowest BCUT2D eigenvalue weighted by Gasteiger charge is -2.28. The zero-order valence-electron chi connectivity index (χ0n) is 22.8. The molecule has 0 saturated carbocycles. The molecule has 0 saturated heterocycles. The van der Waals surface area contributed by atoms with Crippen LogP contribution < -0.4 is 10.1 Å². The van der Waals surface area contributed by atoms with E-state index in [2.05, 4.69) is 15.4 Å². The third-order valence-corrected chi connectivity index (χ3v) is 6.53. The smallest absolute Gasteiger partial charge is 0.337 e. The number of carboxylic acid groups (broad SMARTS) is 1. The molecule has 2 N–H and O–H groups in total. The van der Waals surface area contributed by atoms with Gasteiger partial charge in [0.2, 0.25) is 0 Å². The molecule has 9 nitrogen and oxygen atoms in total. The van der Waals surface area contributed by atoms with Gasteiger partial charge < -0.3 is 19.9 Å². The number of hydrogen-bond acceptors (Lipinski definition) is 6. The van der Waals surface area contributed by atoms with E-state index in [9.17, 15) is 14.7 Å². The number of carboxylic acids is 1. The summed E-state index contributed by atoms with van der Waals surface area (Å²) < 4.78 is 28.4. The molecule has 10 heteroatoms. The molecule has 0 spiro atoms. The molecule has 1 aromatic carbocycles. The van der Waals surface area contributed by atoms with Crippen LogP contribution in [0.4, 0.5) is 4.39 Å². The Labute approximate surface area is 221 Å². The van der Waals surface area contributed by atoms with Crippen LogP contribution >= 0.6 is 0 Å². The summed E-state index contributed by atoms with van der Waals surface area (Å²) in [4.78, 5) is 30.0. The van der Waals surface area contributed by atoms with E-state index in [1.165, 1.54) is 10.6 Å². The van der Waals surface area contributed by atoms with Crippen molar-refractivity contribution in [2.75, 3.05) is 13.2 Å². The first-order chi connectivity index (χ1) is 17.9. The van der Waals surface area contributed by atoms with Gasteiger partial charge in [0.1, 0.15) is 0 Å². The number of halogens is 1. The number of hydrogen-bond donors (Lipinski definition) is 2. The number of carbonyl (C=O) groups excluding carboxylic acids is 1. The molecule has 1 aliphatic heterocycles. The van der Waals surface area contributed by atoms with Crippen LogP contribution in [-0.4, -0.2) is 50.3 Å². The minimum atomic E-state index is -1.41. The van der Waals surface area contributed by atoms with Crippen LogP contribution in [0.5, 0.6) is 5.75 Å². The Morgan fingerprint density at radius 3 is 2.68 bits per heavy atom. The zero-order valence-corrected chi connectivity index (χ0v) is 22.8. The number of fused-ring (bicyclic) bond motifs is 2. The lowest BCUT2D eigenvalue weighted by atomic mass is 9.91. The van der Waals surface area contributed by atoms with Crippen LogP contribution in [0.1, 0.15) is 85.9 Å². The Bertz CT molecular complexity index is 1390. The number of aliphatic carboxylic acids is 1. The van der Waals surface area contributed by atoms with Crippen LogP contribution in [0.25, 0.3) is 16.9 Å². The number of benzene rings is 1.